The lowest BCUT2D eigenvalue weighted by Crippen LogP contribution is -2.09. The van der Waals surface area contributed by atoms with Crippen molar-refractivity contribution in [3.63, 3.8) is 0 Å². The summed E-state index contributed by atoms with van der Waals surface area (Å²) in [7, 11) is 0.431. The van der Waals surface area contributed by atoms with E-state index < -0.39 is 0 Å². The van der Waals surface area contributed by atoms with Crippen LogP contribution < -0.4 is 9.16 Å². The quantitative estimate of drug-likeness (QED) is 0.146. The average Bonchev–Trinajstić information content (AvgIpc) is 3.71. The second-order valence-electron chi connectivity index (χ2n) is 10.3. The summed E-state index contributed by atoms with van der Waals surface area (Å²) in [6, 6.07) is 4.97. The van der Waals surface area contributed by atoms with Gasteiger partial charge in [0.05, 0.1) is 19.0 Å². The summed E-state index contributed by atoms with van der Waals surface area (Å²) < 4.78 is 11.9. The van der Waals surface area contributed by atoms with Crippen molar-refractivity contribution in [2.24, 2.45) is 17.8 Å². The largest absolute Gasteiger partial charge is 0.539 e. The normalized spacial score (nSPS) is 15.1. The summed E-state index contributed by atoms with van der Waals surface area (Å²) in [4.78, 5) is 13.5. The van der Waals surface area contributed by atoms with E-state index in [1.807, 2.05) is 12.1 Å². The molecule has 2 unspecified atom stereocenters. The van der Waals surface area contributed by atoms with Crippen LogP contribution in [-0.4, -0.2) is 31.3 Å². The number of nitrogens with zero attached hydrogens (tertiary/aromatic N) is 3. The maximum atomic E-state index is 6.13. The van der Waals surface area contributed by atoms with Crippen LogP contribution in [0.1, 0.15) is 97.8 Å². The fourth-order valence-electron chi connectivity index (χ4n) is 4.37. The molecule has 0 spiro atoms. The van der Waals surface area contributed by atoms with Crippen LogP contribution in [0.4, 0.5) is 0 Å². The number of aromatic nitrogens is 3. The molecule has 5 nitrogen and oxygen atoms in total. The molecule has 0 N–H and O–H groups in total. The van der Waals surface area contributed by atoms with Gasteiger partial charge >= 0.3 is 9.76 Å². The number of pyridine rings is 1. The van der Waals surface area contributed by atoms with Crippen molar-refractivity contribution in [1.82, 2.24) is 15.0 Å². The minimum absolute atomic E-state index is 0.431. The number of hydrogen-bond donors (Lipinski definition) is 0. The summed E-state index contributed by atoms with van der Waals surface area (Å²) in [6.45, 7) is 7.77. The maximum absolute atomic E-state index is 6.13. The number of ether oxygens (including phenoxy) is 1. The van der Waals surface area contributed by atoms with Crippen molar-refractivity contribution in [2.45, 2.75) is 104 Å². The van der Waals surface area contributed by atoms with Crippen molar-refractivity contribution in [3.8, 4) is 23.0 Å². The van der Waals surface area contributed by atoms with Gasteiger partial charge in [0.1, 0.15) is 17.1 Å². The van der Waals surface area contributed by atoms with E-state index in [1.54, 1.807) is 18.6 Å². The number of hydrogen-bond acceptors (Lipinski definition) is 5. The van der Waals surface area contributed by atoms with E-state index in [0.29, 0.717) is 22.2 Å². The molecule has 192 valence electrons. The maximum Gasteiger partial charge on any atom is 0.310 e. The summed E-state index contributed by atoms with van der Waals surface area (Å²) in [5.41, 5.74) is 1.47. The van der Waals surface area contributed by atoms with Crippen molar-refractivity contribution in [2.75, 3.05) is 6.61 Å². The van der Waals surface area contributed by atoms with Crippen LogP contribution in [0.25, 0.3) is 11.4 Å². The molecule has 0 saturated heterocycles. The highest BCUT2D eigenvalue weighted by Gasteiger charge is 2.19. The zero-order valence-corrected chi connectivity index (χ0v) is 23.2. The monoisotopic (exact) mass is 495 g/mol. The van der Waals surface area contributed by atoms with Crippen LogP contribution >= 0.6 is 0 Å². The molecule has 0 amide bonds. The predicted octanol–water partition coefficient (Wildman–Crippen LogP) is 7.94. The molecule has 2 aromatic heterocycles. The second-order valence-corrected chi connectivity index (χ2v) is 11.3. The third-order valence-electron chi connectivity index (χ3n) is 7.20. The fourth-order valence-corrected chi connectivity index (χ4v) is 5.14. The molecule has 0 aromatic carbocycles. The van der Waals surface area contributed by atoms with Gasteiger partial charge < -0.3 is 9.16 Å². The summed E-state index contributed by atoms with van der Waals surface area (Å²) >= 11 is 0. The van der Waals surface area contributed by atoms with Crippen molar-refractivity contribution in [3.05, 3.63) is 30.7 Å². The number of rotatable bonds is 19. The molecule has 1 aliphatic rings. The first-order chi connectivity index (χ1) is 17.2. The highest BCUT2D eigenvalue weighted by atomic mass is 28.2. The molecule has 0 bridgehead atoms. The van der Waals surface area contributed by atoms with Crippen molar-refractivity contribution < 1.29 is 9.16 Å². The van der Waals surface area contributed by atoms with Gasteiger partial charge in [-0.1, -0.05) is 91.4 Å². The molecule has 1 fully saturated rings. The van der Waals surface area contributed by atoms with Crippen LogP contribution in [0.3, 0.4) is 0 Å². The van der Waals surface area contributed by atoms with Crippen LogP contribution in [0.15, 0.2) is 30.7 Å². The van der Waals surface area contributed by atoms with E-state index >= 15 is 0 Å². The van der Waals surface area contributed by atoms with E-state index in [-0.39, 0.29) is 0 Å². The zero-order valence-electron chi connectivity index (χ0n) is 22.2. The lowest BCUT2D eigenvalue weighted by molar-refractivity contribution is 0.292. The van der Waals surface area contributed by atoms with Crippen LogP contribution in [0.5, 0.6) is 11.6 Å². The van der Waals surface area contributed by atoms with Gasteiger partial charge in [0.2, 0.25) is 5.88 Å². The Morgan fingerprint density at radius 3 is 2.49 bits per heavy atom. The average molecular weight is 496 g/mol. The molecule has 6 heteroatoms. The van der Waals surface area contributed by atoms with Crippen molar-refractivity contribution >= 4 is 9.76 Å². The molecule has 0 aliphatic heterocycles. The highest BCUT2D eigenvalue weighted by molar-refractivity contribution is 6.28. The second kappa shape index (κ2) is 15.9. The summed E-state index contributed by atoms with van der Waals surface area (Å²) in [5, 5.41) is 0. The standard InChI is InChI=1S/C29H45N3O2Si/c1-4-5-12-23(2)24(3)13-11-20-35-34-27-15-10-18-30-29(27)26-21-32-28(22-31-26)33-19-9-7-6-8-14-25-16-17-25/h10,15,18,21-25H,4-9,11-14,16-17,19-20H2,1-3H3. The smallest absolute Gasteiger partial charge is 0.310 e. The Morgan fingerprint density at radius 1 is 0.943 bits per heavy atom. The van der Waals surface area contributed by atoms with E-state index in [1.165, 1.54) is 70.6 Å². The summed E-state index contributed by atoms with van der Waals surface area (Å²) in [6.07, 6.45) is 21.0. The molecule has 2 atom stereocenters. The molecular weight excluding hydrogens is 450 g/mol. The van der Waals surface area contributed by atoms with Gasteiger partial charge in [-0.15, -0.1) is 0 Å². The zero-order chi connectivity index (χ0) is 24.7. The SMILES string of the molecule is CCCCC(C)C(C)CCC[Si]Oc1cccnc1-c1cnc(OCCCCCCC2CC2)cn1. The Balaban J connectivity index is 1.36. The Morgan fingerprint density at radius 2 is 1.74 bits per heavy atom. The van der Waals surface area contributed by atoms with E-state index in [0.717, 1.165) is 47.4 Å². The minimum atomic E-state index is 0.431. The third kappa shape index (κ3) is 10.7. The van der Waals surface area contributed by atoms with Gasteiger partial charge in [-0.05, 0) is 42.4 Å². The van der Waals surface area contributed by atoms with E-state index in [4.69, 9.17) is 9.16 Å². The molecule has 1 aliphatic carbocycles. The van der Waals surface area contributed by atoms with Gasteiger partial charge in [-0.3, -0.25) is 4.98 Å². The highest BCUT2D eigenvalue weighted by Crippen LogP contribution is 2.34. The first kappa shape index (κ1) is 27.6. The Hall–Kier alpha value is -1.95. The molecule has 2 radical (unpaired) electrons. The first-order valence-corrected chi connectivity index (χ1v) is 15.1. The molecule has 2 aromatic rings. The minimum Gasteiger partial charge on any atom is -0.539 e. The van der Waals surface area contributed by atoms with Gasteiger partial charge in [-0.25, -0.2) is 9.97 Å². The Labute approximate surface area is 215 Å². The Bertz CT molecular complexity index is 829. The van der Waals surface area contributed by atoms with E-state index in [9.17, 15) is 0 Å². The topological polar surface area (TPSA) is 57.1 Å². The van der Waals surface area contributed by atoms with Gasteiger partial charge in [0, 0.05) is 6.20 Å². The fraction of sp³-hybridized carbons (Fsp3) is 0.690. The van der Waals surface area contributed by atoms with Crippen LogP contribution in [-0.2, 0) is 0 Å². The Kier molecular flexibility index (Phi) is 12.6. The molecule has 35 heavy (non-hydrogen) atoms. The van der Waals surface area contributed by atoms with Gasteiger partial charge in [0.25, 0.3) is 0 Å². The molecule has 2 heterocycles. The van der Waals surface area contributed by atoms with Gasteiger partial charge in [-0.2, -0.15) is 0 Å². The number of unbranched alkanes of at least 4 members (excludes halogenated alkanes) is 4. The van der Waals surface area contributed by atoms with Crippen molar-refractivity contribution in [1.29, 1.82) is 0 Å². The predicted molar refractivity (Wildman–Crippen MR) is 145 cm³/mol. The van der Waals surface area contributed by atoms with Crippen LogP contribution in [0, 0.1) is 17.8 Å². The molecular formula is C29H45N3O2Si. The summed E-state index contributed by atoms with van der Waals surface area (Å²) in [5.74, 6) is 4.00. The lowest BCUT2D eigenvalue weighted by Gasteiger charge is -2.19. The third-order valence-corrected chi connectivity index (χ3v) is 8.12. The van der Waals surface area contributed by atoms with Gasteiger partial charge in [0.15, 0.2) is 0 Å². The van der Waals surface area contributed by atoms with E-state index in [2.05, 4.69) is 35.7 Å². The lowest BCUT2D eigenvalue weighted by atomic mass is 9.88. The molecule has 1 saturated carbocycles. The van der Waals surface area contributed by atoms with Crippen LogP contribution in [0.2, 0.25) is 6.04 Å². The molecule has 3 rings (SSSR count). The first-order valence-electron chi connectivity index (χ1n) is 14.0.